The minimum absolute atomic E-state index is 0.126. The van der Waals surface area contributed by atoms with Crippen LogP contribution in [-0.4, -0.2) is 21.7 Å². The average molecular weight is 298 g/mol. The summed E-state index contributed by atoms with van der Waals surface area (Å²) in [5.41, 5.74) is 1.76. The van der Waals surface area contributed by atoms with Gasteiger partial charge in [0.2, 0.25) is 5.91 Å². The Morgan fingerprint density at radius 1 is 1.30 bits per heavy atom. The highest BCUT2D eigenvalue weighted by atomic mass is 35.5. The number of carbonyl (C=O) groups is 1. The van der Waals surface area contributed by atoms with Crippen LogP contribution in [0.25, 0.3) is 0 Å². The van der Waals surface area contributed by atoms with E-state index in [0.717, 1.165) is 24.2 Å². The second-order valence-electron chi connectivity index (χ2n) is 5.71. The third kappa shape index (κ3) is 3.98. The highest BCUT2D eigenvalue weighted by Crippen LogP contribution is 2.19. The Labute approximate surface area is 125 Å². The molecule has 1 saturated carbocycles. The summed E-state index contributed by atoms with van der Waals surface area (Å²) in [6, 6.07) is 0.369. The zero-order valence-corrected chi connectivity index (χ0v) is 13.2. The molecule has 0 radical (unpaired) electrons. The van der Waals surface area contributed by atoms with Gasteiger partial charge in [0.05, 0.1) is 23.0 Å². The Balaban J connectivity index is 1.81. The second-order valence-corrected chi connectivity index (χ2v) is 6.09. The van der Waals surface area contributed by atoms with Crippen molar-refractivity contribution < 1.29 is 4.79 Å². The van der Waals surface area contributed by atoms with Crippen LogP contribution in [-0.2, 0) is 11.3 Å². The van der Waals surface area contributed by atoms with Crippen LogP contribution in [0.5, 0.6) is 0 Å². The van der Waals surface area contributed by atoms with E-state index in [2.05, 4.69) is 10.4 Å². The van der Waals surface area contributed by atoms with E-state index in [0.29, 0.717) is 24.0 Å². The van der Waals surface area contributed by atoms with Gasteiger partial charge in [-0.25, -0.2) is 0 Å². The van der Waals surface area contributed by atoms with Crippen molar-refractivity contribution in [3.05, 3.63) is 16.4 Å². The summed E-state index contributed by atoms with van der Waals surface area (Å²) in [6.45, 7) is 4.42. The number of nitrogens with one attached hydrogen (secondary N) is 1. The molecule has 1 aliphatic carbocycles. The molecule has 0 aromatic carbocycles. The highest BCUT2D eigenvalue weighted by molar-refractivity contribution is 6.31. The minimum atomic E-state index is 0.126. The van der Waals surface area contributed by atoms with Gasteiger partial charge in [-0.1, -0.05) is 37.3 Å². The SMILES string of the molecule is Cc1nn(CCC(=O)NC2CCCCCC2)c(C)c1Cl. The molecule has 0 bridgehead atoms. The third-order valence-electron chi connectivity index (χ3n) is 4.06. The van der Waals surface area contributed by atoms with Crippen LogP contribution in [0.1, 0.15) is 56.3 Å². The van der Waals surface area contributed by atoms with Crippen LogP contribution < -0.4 is 5.32 Å². The molecule has 0 saturated heterocycles. The van der Waals surface area contributed by atoms with Crippen molar-refractivity contribution in [2.24, 2.45) is 0 Å². The van der Waals surface area contributed by atoms with E-state index >= 15 is 0 Å². The number of halogens is 1. The van der Waals surface area contributed by atoms with E-state index in [1.807, 2.05) is 18.5 Å². The number of amides is 1. The molecule has 1 heterocycles. The van der Waals surface area contributed by atoms with E-state index in [1.54, 1.807) is 0 Å². The minimum Gasteiger partial charge on any atom is -0.353 e. The van der Waals surface area contributed by atoms with E-state index in [9.17, 15) is 4.79 Å². The number of rotatable bonds is 4. The van der Waals surface area contributed by atoms with Gasteiger partial charge in [-0.3, -0.25) is 9.48 Å². The van der Waals surface area contributed by atoms with Gasteiger partial charge in [0, 0.05) is 12.5 Å². The maximum Gasteiger partial charge on any atom is 0.222 e. The Bertz CT molecular complexity index is 462. The summed E-state index contributed by atoms with van der Waals surface area (Å²) in [5.74, 6) is 0.126. The molecule has 4 nitrogen and oxygen atoms in total. The first-order valence-corrected chi connectivity index (χ1v) is 7.94. The van der Waals surface area contributed by atoms with Gasteiger partial charge in [0.15, 0.2) is 0 Å². The lowest BCUT2D eigenvalue weighted by Crippen LogP contribution is -2.34. The summed E-state index contributed by atoms with van der Waals surface area (Å²) in [4.78, 5) is 12.0. The van der Waals surface area contributed by atoms with Gasteiger partial charge in [0.25, 0.3) is 0 Å². The standard InChI is InChI=1S/C15H24ClN3O/c1-11-15(16)12(2)19(18-11)10-9-14(20)17-13-7-5-3-4-6-8-13/h13H,3-10H2,1-2H3,(H,17,20). The van der Waals surface area contributed by atoms with E-state index in [1.165, 1.54) is 25.7 Å². The molecular formula is C15H24ClN3O. The van der Waals surface area contributed by atoms with Crippen LogP contribution in [0.4, 0.5) is 0 Å². The third-order valence-corrected chi connectivity index (χ3v) is 4.61. The number of carbonyl (C=O) groups excluding carboxylic acids is 1. The monoisotopic (exact) mass is 297 g/mol. The summed E-state index contributed by atoms with van der Waals surface area (Å²) in [6.07, 6.45) is 7.78. The number of nitrogens with zero attached hydrogens (tertiary/aromatic N) is 2. The van der Waals surface area contributed by atoms with Crippen molar-refractivity contribution in [3.63, 3.8) is 0 Å². The lowest BCUT2D eigenvalue weighted by Gasteiger charge is -2.16. The first-order chi connectivity index (χ1) is 9.58. The fourth-order valence-electron chi connectivity index (χ4n) is 2.82. The van der Waals surface area contributed by atoms with Crippen LogP contribution in [0.3, 0.4) is 0 Å². The zero-order valence-electron chi connectivity index (χ0n) is 12.4. The van der Waals surface area contributed by atoms with Crippen molar-refractivity contribution in [1.29, 1.82) is 0 Å². The highest BCUT2D eigenvalue weighted by Gasteiger charge is 2.15. The predicted molar refractivity (Wildman–Crippen MR) is 81.0 cm³/mol. The first kappa shape index (κ1) is 15.4. The lowest BCUT2D eigenvalue weighted by molar-refractivity contribution is -0.122. The molecule has 1 fully saturated rings. The molecule has 1 amide bonds. The van der Waals surface area contributed by atoms with Crippen molar-refractivity contribution in [3.8, 4) is 0 Å². The number of hydrogen-bond donors (Lipinski definition) is 1. The molecule has 0 spiro atoms. The molecule has 112 valence electrons. The van der Waals surface area contributed by atoms with Gasteiger partial charge >= 0.3 is 0 Å². The van der Waals surface area contributed by atoms with Gasteiger partial charge in [-0.05, 0) is 26.7 Å². The number of aromatic nitrogens is 2. The maximum absolute atomic E-state index is 12.0. The fourth-order valence-corrected chi connectivity index (χ4v) is 2.96. The van der Waals surface area contributed by atoms with Gasteiger partial charge in [-0.15, -0.1) is 0 Å². The molecular weight excluding hydrogens is 274 g/mol. The van der Waals surface area contributed by atoms with Crippen molar-refractivity contribution in [1.82, 2.24) is 15.1 Å². The van der Waals surface area contributed by atoms with E-state index in [-0.39, 0.29) is 5.91 Å². The first-order valence-electron chi connectivity index (χ1n) is 7.57. The molecule has 1 N–H and O–H groups in total. The van der Waals surface area contributed by atoms with Crippen molar-refractivity contribution in [2.75, 3.05) is 0 Å². The molecule has 0 aliphatic heterocycles. The summed E-state index contributed by atoms with van der Waals surface area (Å²) >= 11 is 6.10. The smallest absolute Gasteiger partial charge is 0.222 e. The average Bonchev–Trinajstić information content (AvgIpc) is 2.65. The lowest BCUT2D eigenvalue weighted by atomic mass is 10.1. The molecule has 2 rings (SSSR count). The van der Waals surface area contributed by atoms with Crippen LogP contribution >= 0.6 is 11.6 Å². The fraction of sp³-hybridized carbons (Fsp3) is 0.733. The zero-order chi connectivity index (χ0) is 14.5. The quantitative estimate of drug-likeness (QED) is 0.866. The summed E-state index contributed by atoms with van der Waals surface area (Å²) in [7, 11) is 0. The van der Waals surface area contributed by atoms with Crippen LogP contribution in [0.15, 0.2) is 0 Å². The van der Waals surface area contributed by atoms with Gasteiger partial charge < -0.3 is 5.32 Å². The molecule has 1 aliphatic rings. The molecule has 0 atom stereocenters. The summed E-state index contributed by atoms with van der Waals surface area (Å²) in [5, 5.41) is 8.21. The summed E-state index contributed by atoms with van der Waals surface area (Å²) < 4.78 is 1.82. The molecule has 20 heavy (non-hydrogen) atoms. The van der Waals surface area contributed by atoms with E-state index < -0.39 is 0 Å². The topological polar surface area (TPSA) is 46.9 Å². The largest absolute Gasteiger partial charge is 0.353 e. The predicted octanol–water partition coefficient (Wildman–Crippen LogP) is 3.38. The molecule has 1 aromatic rings. The molecule has 5 heteroatoms. The van der Waals surface area contributed by atoms with Crippen LogP contribution in [0.2, 0.25) is 5.02 Å². The second kappa shape index (κ2) is 7.11. The van der Waals surface area contributed by atoms with E-state index in [4.69, 9.17) is 11.6 Å². The number of aryl methyl sites for hydroxylation is 2. The number of hydrogen-bond acceptors (Lipinski definition) is 2. The van der Waals surface area contributed by atoms with Crippen molar-refractivity contribution >= 4 is 17.5 Å². The molecule has 1 aromatic heterocycles. The van der Waals surface area contributed by atoms with Crippen LogP contribution in [0, 0.1) is 13.8 Å². The Hall–Kier alpha value is -1.03. The Kier molecular flexibility index (Phi) is 5.46. The van der Waals surface area contributed by atoms with Gasteiger partial charge in [0.1, 0.15) is 0 Å². The Morgan fingerprint density at radius 2 is 1.95 bits per heavy atom. The normalized spacial score (nSPS) is 16.9. The molecule has 0 unspecified atom stereocenters. The van der Waals surface area contributed by atoms with Gasteiger partial charge in [-0.2, -0.15) is 5.10 Å². The maximum atomic E-state index is 12.0. The Morgan fingerprint density at radius 3 is 2.50 bits per heavy atom. The van der Waals surface area contributed by atoms with Crippen molar-refractivity contribution in [2.45, 2.75) is 71.4 Å².